The van der Waals surface area contributed by atoms with Crippen LogP contribution in [0, 0.1) is 6.92 Å². The zero-order valence-corrected chi connectivity index (χ0v) is 18.5. The Bertz CT molecular complexity index is 938. The summed E-state index contributed by atoms with van der Waals surface area (Å²) in [6, 6.07) is 20.4. The Labute approximate surface area is 182 Å². The Morgan fingerprint density at radius 2 is 1.93 bits per heavy atom. The molecular formula is C23H26N2O2S2. The van der Waals surface area contributed by atoms with E-state index in [9.17, 15) is 0 Å². The number of benzene rings is 2. The van der Waals surface area contributed by atoms with Crippen LogP contribution in [0.3, 0.4) is 0 Å². The van der Waals surface area contributed by atoms with Gasteiger partial charge in [-0.1, -0.05) is 18.2 Å². The van der Waals surface area contributed by atoms with Crippen LogP contribution in [0.15, 0.2) is 70.0 Å². The van der Waals surface area contributed by atoms with Crippen molar-refractivity contribution in [1.82, 2.24) is 5.32 Å². The average Bonchev–Trinajstić information content (AvgIpc) is 3.16. The minimum absolute atomic E-state index is 0.0510. The molecule has 0 fully saturated rings. The molecule has 0 saturated carbocycles. The number of hydrogen-bond donors (Lipinski definition) is 2. The summed E-state index contributed by atoms with van der Waals surface area (Å²) in [5.41, 5.74) is 2.13. The molecule has 0 spiro atoms. The van der Waals surface area contributed by atoms with Crippen molar-refractivity contribution >= 4 is 34.8 Å². The van der Waals surface area contributed by atoms with Gasteiger partial charge in [-0.3, -0.25) is 0 Å². The quantitative estimate of drug-likeness (QED) is 0.341. The Kier molecular flexibility index (Phi) is 7.61. The minimum Gasteiger partial charge on any atom is -0.497 e. The predicted molar refractivity (Wildman–Crippen MR) is 125 cm³/mol. The highest BCUT2D eigenvalue weighted by Gasteiger charge is 2.15. The van der Waals surface area contributed by atoms with E-state index in [4.69, 9.17) is 21.4 Å². The van der Waals surface area contributed by atoms with Crippen LogP contribution in [-0.2, 0) is 6.42 Å². The van der Waals surface area contributed by atoms with Gasteiger partial charge in [0, 0.05) is 17.0 Å². The van der Waals surface area contributed by atoms with Crippen LogP contribution in [-0.4, -0.2) is 18.5 Å². The molecule has 0 aliphatic heterocycles. The van der Waals surface area contributed by atoms with Gasteiger partial charge >= 0.3 is 0 Å². The summed E-state index contributed by atoms with van der Waals surface area (Å²) in [5.74, 6) is 2.75. The van der Waals surface area contributed by atoms with Gasteiger partial charge in [-0.2, -0.15) is 0 Å². The van der Waals surface area contributed by atoms with E-state index in [-0.39, 0.29) is 6.04 Å². The van der Waals surface area contributed by atoms with Gasteiger partial charge in [0.1, 0.15) is 17.3 Å². The molecule has 0 bridgehead atoms. The number of nitrogens with one attached hydrogen (secondary N) is 2. The van der Waals surface area contributed by atoms with Crippen molar-refractivity contribution in [1.29, 1.82) is 0 Å². The van der Waals surface area contributed by atoms with Gasteiger partial charge in [0.25, 0.3) is 0 Å². The van der Waals surface area contributed by atoms with Crippen molar-refractivity contribution in [2.24, 2.45) is 0 Å². The van der Waals surface area contributed by atoms with Gasteiger partial charge in [-0.05, 0) is 79.8 Å². The average molecular weight is 427 g/mol. The molecule has 0 amide bonds. The van der Waals surface area contributed by atoms with Crippen molar-refractivity contribution in [3.8, 4) is 5.75 Å². The molecule has 6 heteroatoms. The number of ether oxygens (including phenoxy) is 1. The molecule has 0 saturated heterocycles. The van der Waals surface area contributed by atoms with E-state index >= 15 is 0 Å². The standard InChI is InChI=1S/C23H26N2O2S2/c1-16-7-10-20(27-16)13-14-22(17-8-11-19(26-2)12-9-17)25-23(28)24-18-5-4-6-21(15-18)29-3/h4-12,15,22H,13-14H2,1-3H3,(H2,24,25,28). The number of aryl methyl sites for hydroxylation is 2. The van der Waals surface area contributed by atoms with Gasteiger partial charge in [-0.15, -0.1) is 11.8 Å². The Hall–Kier alpha value is -2.44. The molecule has 1 unspecified atom stereocenters. The summed E-state index contributed by atoms with van der Waals surface area (Å²) in [7, 11) is 1.67. The van der Waals surface area contributed by atoms with Gasteiger partial charge in [-0.25, -0.2) is 0 Å². The van der Waals surface area contributed by atoms with Crippen molar-refractivity contribution in [3.05, 3.63) is 77.7 Å². The SMILES string of the molecule is COc1ccc(C(CCc2ccc(C)o2)NC(=S)Nc2cccc(SC)c2)cc1. The maximum atomic E-state index is 5.73. The second kappa shape index (κ2) is 10.4. The third-order valence-corrected chi connectivity index (χ3v) is 5.57. The fourth-order valence-electron chi connectivity index (χ4n) is 3.09. The molecule has 0 aliphatic rings. The molecular weight excluding hydrogens is 400 g/mol. The van der Waals surface area contributed by atoms with Crippen molar-refractivity contribution in [2.45, 2.75) is 30.7 Å². The second-order valence-corrected chi connectivity index (χ2v) is 8.00. The zero-order chi connectivity index (χ0) is 20.6. The van der Waals surface area contributed by atoms with Crippen LogP contribution in [0.2, 0.25) is 0 Å². The van der Waals surface area contributed by atoms with E-state index in [1.165, 1.54) is 4.90 Å². The van der Waals surface area contributed by atoms with E-state index in [2.05, 4.69) is 41.2 Å². The van der Waals surface area contributed by atoms with Gasteiger partial charge in [0.05, 0.1) is 13.2 Å². The number of methoxy groups -OCH3 is 1. The van der Waals surface area contributed by atoms with Crippen molar-refractivity contribution in [2.75, 3.05) is 18.7 Å². The predicted octanol–water partition coefficient (Wildman–Crippen LogP) is 5.98. The Morgan fingerprint density at radius 1 is 1.14 bits per heavy atom. The van der Waals surface area contributed by atoms with Crippen LogP contribution >= 0.6 is 24.0 Å². The molecule has 152 valence electrons. The molecule has 2 aromatic carbocycles. The highest BCUT2D eigenvalue weighted by Crippen LogP contribution is 2.24. The number of thiocarbonyl (C=S) groups is 1. The molecule has 1 heterocycles. The Morgan fingerprint density at radius 3 is 2.59 bits per heavy atom. The second-order valence-electron chi connectivity index (χ2n) is 6.71. The van der Waals surface area contributed by atoms with E-state index in [0.29, 0.717) is 5.11 Å². The summed E-state index contributed by atoms with van der Waals surface area (Å²) in [6.07, 6.45) is 3.74. The molecule has 3 rings (SSSR count). The number of hydrogen-bond acceptors (Lipinski definition) is 4. The summed E-state index contributed by atoms with van der Waals surface area (Å²) in [4.78, 5) is 1.19. The molecule has 0 radical (unpaired) electrons. The zero-order valence-electron chi connectivity index (χ0n) is 16.9. The van der Waals surface area contributed by atoms with Crippen LogP contribution < -0.4 is 15.4 Å². The molecule has 2 N–H and O–H groups in total. The lowest BCUT2D eigenvalue weighted by Gasteiger charge is -2.21. The monoisotopic (exact) mass is 426 g/mol. The fraction of sp³-hybridized carbons (Fsp3) is 0.261. The number of furan rings is 1. The lowest BCUT2D eigenvalue weighted by Crippen LogP contribution is -2.32. The first-order valence-electron chi connectivity index (χ1n) is 9.48. The topological polar surface area (TPSA) is 46.4 Å². The van der Waals surface area contributed by atoms with Crippen LogP contribution in [0.4, 0.5) is 5.69 Å². The van der Waals surface area contributed by atoms with Crippen LogP contribution in [0.5, 0.6) is 5.75 Å². The molecule has 1 atom stereocenters. The van der Waals surface area contributed by atoms with Gasteiger partial charge in [0.2, 0.25) is 0 Å². The van der Waals surface area contributed by atoms with E-state index in [1.54, 1.807) is 18.9 Å². The Balaban J connectivity index is 1.71. The number of rotatable bonds is 8. The number of thioether (sulfide) groups is 1. The largest absolute Gasteiger partial charge is 0.497 e. The van der Waals surface area contributed by atoms with E-state index in [0.717, 1.165) is 41.4 Å². The maximum Gasteiger partial charge on any atom is 0.171 e. The summed E-state index contributed by atoms with van der Waals surface area (Å²) < 4.78 is 11.0. The first-order valence-corrected chi connectivity index (χ1v) is 11.1. The fourth-order valence-corrected chi connectivity index (χ4v) is 3.81. The lowest BCUT2D eigenvalue weighted by molar-refractivity contribution is 0.414. The van der Waals surface area contributed by atoms with Crippen LogP contribution in [0.1, 0.15) is 29.5 Å². The molecule has 1 aromatic heterocycles. The van der Waals surface area contributed by atoms with Crippen molar-refractivity contribution < 1.29 is 9.15 Å². The summed E-state index contributed by atoms with van der Waals surface area (Å²) >= 11 is 7.30. The van der Waals surface area contributed by atoms with E-state index < -0.39 is 0 Å². The highest BCUT2D eigenvalue weighted by molar-refractivity contribution is 7.98. The van der Waals surface area contributed by atoms with Gasteiger partial charge < -0.3 is 19.8 Å². The van der Waals surface area contributed by atoms with Gasteiger partial charge in [0.15, 0.2) is 5.11 Å². The summed E-state index contributed by atoms with van der Waals surface area (Å²) in [5, 5.41) is 7.36. The molecule has 0 aliphatic carbocycles. The molecule has 3 aromatic rings. The summed E-state index contributed by atoms with van der Waals surface area (Å²) in [6.45, 7) is 1.96. The smallest absolute Gasteiger partial charge is 0.171 e. The molecule has 4 nitrogen and oxygen atoms in total. The first kappa shape index (κ1) is 21.3. The maximum absolute atomic E-state index is 5.73. The molecule has 29 heavy (non-hydrogen) atoms. The highest BCUT2D eigenvalue weighted by atomic mass is 32.2. The normalized spacial score (nSPS) is 11.7. The van der Waals surface area contributed by atoms with Crippen molar-refractivity contribution in [3.63, 3.8) is 0 Å². The third kappa shape index (κ3) is 6.27. The van der Waals surface area contributed by atoms with Crippen LogP contribution in [0.25, 0.3) is 0 Å². The third-order valence-electron chi connectivity index (χ3n) is 4.63. The van der Waals surface area contributed by atoms with E-state index in [1.807, 2.05) is 43.3 Å². The lowest BCUT2D eigenvalue weighted by atomic mass is 10.0. The minimum atomic E-state index is 0.0510. The number of anilines is 1. The first-order chi connectivity index (χ1) is 14.1.